The van der Waals surface area contributed by atoms with Gasteiger partial charge < -0.3 is 4.90 Å². The van der Waals surface area contributed by atoms with Gasteiger partial charge in [0.1, 0.15) is 0 Å². The van der Waals surface area contributed by atoms with Crippen LogP contribution in [0.3, 0.4) is 0 Å². The Balaban J connectivity index is 1.67. The molecule has 0 amide bonds. The number of nitrogens with zero attached hydrogens (tertiary/aromatic N) is 2. The lowest BCUT2D eigenvalue weighted by Crippen LogP contribution is -2.39. The minimum Gasteiger partial charge on any atom is -0.371 e. The fourth-order valence-electron chi connectivity index (χ4n) is 3.92. The van der Waals surface area contributed by atoms with Gasteiger partial charge in [0.05, 0.1) is 0 Å². The van der Waals surface area contributed by atoms with Gasteiger partial charge in [0.2, 0.25) is 0 Å². The van der Waals surface area contributed by atoms with Gasteiger partial charge >= 0.3 is 0 Å². The van der Waals surface area contributed by atoms with E-state index in [2.05, 4.69) is 35.9 Å². The predicted octanol–water partition coefficient (Wildman–Crippen LogP) is 3.80. The van der Waals surface area contributed by atoms with Crippen molar-refractivity contribution in [1.82, 2.24) is 4.98 Å². The number of anilines is 1. The van der Waals surface area contributed by atoms with Crippen LogP contribution in [0.1, 0.15) is 44.7 Å². The molecule has 1 aliphatic carbocycles. The van der Waals surface area contributed by atoms with E-state index in [0.29, 0.717) is 5.41 Å². The summed E-state index contributed by atoms with van der Waals surface area (Å²) in [6, 6.07) is 4.37. The van der Waals surface area contributed by atoms with Crippen LogP contribution in [0.5, 0.6) is 0 Å². The predicted molar refractivity (Wildman–Crippen MR) is 75.9 cm³/mol. The Morgan fingerprint density at radius 3 is 2.67 bits per heavy atom. The molecule has 0 bridgehead atoms. The Morgan fingerprint density at radius 1 is 1.28 bits per heavy atom. The van der Waals surface area contributed by atoms with Gasteiger partial charge in [-0.2, -0.15) is 0 Å². The summed E-state index contributed by atoms with van der Waals surface area (Å²) in [5, 5.41) is 0. The monoisotopic (exact) mass is 244 g/mol. The normalized spacial score (nSPS) is 26.8. The Kier molecular flexibility index (Phi) is 3.04. The minimum absolute atomic E-state index is 0.692. The maximum Gasteiger partial charge on any atom is 0.0399 e. The van der Waals surface area contributed by atoms with Crippen LogP contribution in [0.25, 0.3) is 0 Å². The molecule has 1 spiro atoms. The number of pyridine rings is 1. The van der Waals surface area contributed by atoms with Crippen molar-refractivity contribution < 1.29 is 0 Å². The van der Waals surface area contributed by atoms with Crippen molar-refractivity contribution >= 4 is 5.69 Å². The SMILES string of the molecule is Cc1cc(N2CCC3(CCC(C)C3)CC2)ccn1. The molecular weight excluding hydrogens is 220 g/mol. The zero-order chi connectivity index (χ0) is 12.6. The molecule has 1 saturated carbocycles. The number of aromatic nitrogens is 1. The Morgan fingerprint density at radius 2 is 2.06 bits per heavy atom. The number of hydrogen-bond acceptors (Lipinski definition) is 2. The highest BCUT2D eigenvalue weighted by atomic mass is 15.1. The van der Waals surface area contributed by atoms with Crippen LogP contribution < -0.4 is 4.90 Å². The number of aryl methyl sites for hydroxylation is 1. The third-order valence-corrected chi connectivity index (χ3v) is 5.02. The van der Waals surface area contributed by atoms with Crippen molar-refractivity contribution in [2.24, 2.45) is 11.3 Å². The van der Waals surface area contributed by atoms with E-state index in [1.165, 1.54) is 50.9 Å². The topological polar surface area (TPSA) is 16.1 Å². The molecular formula is C16H24N2. The smallest absolute Gasteiger partial charge is 0.0399 e. The van der Waals surface area contributed by atoms with Crippen LogP contribution in [-0.4, -0.2) is 18.1 Å². The van der Waals surface area contributed by atoms with Crippen molar-refractivity contribution in [2.75, 3.05) is 18.0 Å². The van der Waals surface area contributed by atoms with Crippen LogP contribution in [0.15, 0.2) is 18.3 Å². The Labute approximate surface area is 110 Å². The molecule has 2 fully saturated rings. The molecule has 0 N–H and O–H groups in total. The molecule has 18 heavy (non-hydrogen) atoms. The summed E-state index contributed by atoms with van der Waals surface area (Å²) in [5.41, 5.74) is 3.18. The Bertz CT molecular complexity index is 419. The molecule has 1 atom stereocenters. The second-order valence-electron chi connectivity index (χ2n) is 6.49. The first kappa shape index (κ1) is 12.0. The van der Waals surface area contributed by atoms with E-state index in [1.54, 1.807) is 0 Å². The van der Waals surface area contributed by atoms with Gasteiger partial charge in [-0.25, -0.2) is 0 Å². The third kappa shape index (κ3) is 2.25. The van der Waals surface area contributed by atoms with Gasteiger partial charge in [-0.1, -0.05) is 13.3 Å². The molecule has 1 unspecified atom stereocenters. The van der Waals surface area contributed by atoms with Crippen molar-refractivity contribution in [3.8, 4) is 0 Å². The Hall–Kier alpha value is -1.05. The van der Waals surface area contributed by atoms with Crippen molar-refractivity contribution in [2.45, 2.75) is 46.0 Å². The van der Waals surface area contributed by atoms with E-state index >= 15 is 0 Å². The number of hydrogen-bond donors (Lipinski definition) is 0. The van der Waals surface area contributed by atoms with Crippen LogP contribution in [0, 0.1) is 18.3 Å². The summed E-state index contributed by atoms with van der Waals surface area (Å²) in [7, 11) is 0. The highest BCUT2D eigenvalue weighted by Gasteiger charge is 2.39. The largest absolute Gasteiger partial charge is 0.371 e. The van der Waals surface area contributed by atoms with Crippen molar-refractivity contribution in [1.29, 1.82) is 0 Å². The standard InChI is InChI=1S/C16H24N2/c1-13-3-5-16(12-13)6-9-18(10-7-16)15-4-8-17-14(2)11-15/h4,8,11,13H,3,5-7,9-10,12H2,1-2H3. The molecule has 1 saturated heterocycles. The summed E-state index contributed by atoms with van der Waals surface area (Å²) in [6.07, 6.45) is 9.10. The molecule has 98 valence electrons. The van der Waals surface area contributed by atoms with Crippen LogP contribution in [-0.2, 0) is 0 Å². The zero-order valence-electron chi connectivity index (χ0n) is 11.7. The van der Waals surface area contributed by atoms with Crippen LogP contribution >= 0.6 is 0 Å². The third-order valence-electron chi connectivity index (χ3n) is 5.02. The van der Waals surface area contributed by atoms with Gasteiger partial charge in [-0.05, 0) is 56.1 Å². The summed E-state index contributed by atoms with van der Waals surface area (Å²) in [5.74, 6) is 0.958. The molecule has 2 nitrogen and oxygen atoms in total. The van der Waals surface area contributed by atoms with Gasteiger partial charge in [0.25, 0.3) is 0 Å². The summed E-state index contributed by atoms with van der Waals surface area (Å²) >= 11 is 0. The highest BCUT2D eigenvalue weighted by Crippen LogP contribution is 2.49. The molecule has 0 aromatic carbocycles. The van der Waals surface area contributed by atoms with E-state index in [1.807, 2.05) is 6.20 Å². The van der Waals surface area contributed by atoms with Gasteiger partial charge in [0.15, 0.2) is 0 Å². The summed E-state index contributed by atoms with van der Waals surface area (Å²) in [6.45, 7) is 6.97. The van der Waals surface area contributed by atoms with Crippen molar-refractivity contribution in [3.63, 3.8) is 0 Å². The first-order chi connectivity index (χ1) is 8.67. The lowest BCUT2D eigenvalue weighted by atomic mass is 9.76. The summed E-state index contributed by atoms with van der Waals surface area (Å²) in [4.78, 5) is 6.83. The molecule has 1 aliphatic heterocycles. The molecule has 1 aromatic heterocycles. The van der Waals surface area contributed by atoms with E-state index in [9.17, 15) is 0 Å². The number of piperidine rings is 1. The maximum absolute atomic E-state index is 4.29. The van der Waals surface area contributed by atoms with E-state index in [4.69, 9.17) is 0 Å². The second kappa shape index (κ2) is 4.56. The fourth-order valence-corrected chi connectivity index (χ4v) is 3.92. The molecule has 1 aromatic rings. The van der Waals surface area contributed by atoms with E-state index in [-0.39, 0.29) is 0 Å². The van der Waals surface area contributed by atoms with E-state index in [0.717, 1.165) is 11.6 Å². The average molecular weight is 244 g/mol. The first-order valence-electron chi connectivity index (χ1n) is 7.35. The fraction of sp³-hybridized carbons (Fsp3) is 0.688. The zero-order valence-corrected chi connectivity index (χ0v) is 11.7. The maximum atomic E-state index is 4.29. The highest BCUT2D eigenvalue weighted by molar-refractivity contribution is 5.46. The van der Waals surface area contributed by atoms with Gasteiger partial charge in [0, 0.05) is 30.7 Å². The van der Waals surface area contributed by atoms with E-state index < -0.39 is 0 Å². The van der Waals surface area contributed by atoms with Crippen LogP contribution in [0.4, 0.5) is 5.69 Å². The first-order valence-corrected chi connectivity index (χ1v) is 7.35. The average Bonchev–Trinajstić information content (AvgIpc) is 2.72. The van der Waals surface area contributed by atoms with Gasteiger partial charge in [-0.15, -0.1) is 0 Å². The lowest BCUT2D eigenvalue weighted by molar-refractivity contribution is 0.219. The van der Waals surface area contributed by atoms with Crippen LogP contribution in [0.2, 0.25) is 0 Å². The molecule has 2 heterocycles. The lowest BCUT2D eigenvalue weighted by Gasteiger charge is -2.40. The van der Waals surface area contributed by atoms with Crippen molar-refractivity contribution in [3.05, 3.63) is 24.0 Å². The minimum atomic E-state index is 0.692. The molecule has 2 aliphatic rings. The molecule has 2 heteroatoms. The molecule has 3 rings (SSSR count). The quantitative estimate of drug-likeness (QED) is 0.747. The second-order valence-corrected chi connectivity index (χ2v) is 6.49. The van der Waals surface area contributed by atoms with Gasteiger partial charge in [-0.3, -0.25) is 4.98 Å². The summed E-state index contributed by atoms with van der Waals surface area (Å²) < 4.78 is 0. The molecule has 0 radical (unpaired) electrons. The number of rotatable bonds is 1.